The molecule has 4 aromatic rings. The minimum Gasteiger partial charge on any atom is -0.321 e. The van der Waals surface area contributed by atoms with Gasteiger partial charge in [0.1, 0.15) is 16.5 Å². The quantitative estimate of drug-likeness (QED) is 0.443. The number of carbonyl (C=O) groups excluding carboxylic acids is 2. The van der Waals surface area contributed by atoms with Gasteiger partial charge in [-0.05, 0) is 46.3 Å². The first-order valence-corrected chi connectivity index (χ1v) is 10.4. The highest BCUT2D eigenvalue weighted by atomic mass is 79.9. The molecule has 3 heterocycles. The van der Waals surface area contributed by atoms with Gasteiger partial charge in [0.25, 0.3) is 11.8 Å². The Labute approximate surface area is 184 Å². The molecule has 3 aromatic heterocycles. The summed E-state index contributed by atoms with van der Waals surface area (Å²) >= 11 is 4.67. The summed E-state index contributed by atoms with van der Waals surface area (Å²) in [5, 5.41) is 12.0. The maximum Gasteiger partial charge on any atom is 0.275 e. The van der Waals surface area contributed by atoms with Crippen LogP contribution in [0.25, 0.3) is 10.6 Å². The van der Waals surface area contributed by atoms with E-state index in [0.717, 1.165) is 10.0 Å². The molecule has 0 spiro atoms. The van der Waals surface area contributed by atoms with Gasteiger partial charge in [0, 0.05) is 46.1 Å². The molecule has 0 fully saturated rings. The average Bonchev–Trinajstić information content (AvgIpc) is 3.39. The Bertz CT molecular complexity index is 1220. The molecule has 0 saturated carbocycles. The number of hydrogen-bond donors (Lipinski definition) is 2. The number of thiazole rings is 1. The topological polar surface area (TPSA) is 102 Å². The first-order chi connectivity index (χ1) is 14.5. The largest absolute Gasteiger partial charge is 0.321 e. The lowest BCUT2D eigenvalue weighted by atomic mass is 10.2. The van der Waals surface area contributed by atoms with Crippen molar-refractivity contribution in [1.29, 1.82) is 0 Å². The Morgan fingerprint density at radius 3 is 2.70 bits per heavy atom. The van der Waals surface area contributed by atoms with E-state index in [9.17, 15) is 9.59 Å². The SMILES string of the molecule is Cn1cc(-c2nc(C(=O)Nc3cccc(C(=O)Nc4ccc(Br)cn4)c3)cs2)cn1. The van der Waals surface area contributed by atoms with Gasteiger partial charge in [0.15, 0.2) is 0 Å². The minimum atomic E-state index is -0.353. The summed E-state index contributed by atoms with van der Waals surface area (Å²) in [6, 6.07) is 10.1. The number of aromatic nitrogens is 4. The first-order valence-electron chi connectivity index (χ1n) is 8.77. The number of hydrogen-bond acceptors (Lipinski definition) is 6. The molecular weight excluding hydrogens is 468 g/mol. The van der Waals surface area contributed by atoms with Gasteiger partial charge in [0.2, 0.25) is 0 Å². The maximum atomic E-state index is 12.6. The molecule has 1 aromatic carbocycles. The third kappa shape index (κ3) is 4.61. The maximum absolute atomic E-state index is 12.6. The fourth-order valence-electron chi connectivity index (χ4n) is 2.61. The molecular formula is C20H15BrN6O2S. The fourth-order valence-corrected chi connectivity index (χ4v) is 3.62. The number of aryl methyl sites for hydroxylation is 1. The zero-order valence-corrected chi connectivity index (χ0v) is 18.1. The standard InChI is InChI=1S/C20H15BrN6O2S/c1-27-10-13(8-23-27)20-25-16(11-30-20)19(29)24-15-4-2-3-12(7-15)18(28)26-17-6-5-14(21)9-22-17/h2-11H,1H3,(H,24,29)(H,22,26,28). The third-order valence-electron chi connectivity index (χ3n) is 4.04. The molecule has 0 atom stereocenters. The molecule has 2 amide bonds. The molecule has 0 bridgehead atoms. The number of benzene rings is 1. The number of pyridine rings is 1. The van der Waals surface area contributed by atoms with Crippen LogP contribution in [0.3, 0.4) is 0 Å². The third-order valence-corrected chi connectivity index (χ3v) is 5.40. The summed E-state index contributed by atoms with van der Waals surface area (Å²) in [5.74, 6) is -0.245. The molecule has 0 aliphatic rings. The molecule has 2 N–H and O–H groups in total. The second-order valence-corrected chi connectivity index (χ2v) is 8.07. The lowest BCUT2D eigenvalue weighted by Gasteiger charge is -2.07. The van der Waals surface area contributed by atoms with Crippen LogP contribution in [0.1, 0.15) is 20.8 Å². The Morgan fingerprint density at radius 2 is 1.97 bits per heavy atom. The van der Waals surface area contributed by atoms with Crippen LogP contribution >= 0.6 is 27.3 Å². The van der Waals surface area contributed by atoms with Crippen LogP contribution in [0.15, 0.2) is 64.8 Å². The Kier molecular flexibility index (Phi) is 5.68. The number of nitrogens with one attached hydrogen (secondary N) is 2. The molecule has 8 nitrogen and oxygen atoms in total. The van der Waals surface area contributed by atoms with Crippen molar-refractivity contribution in [3.05, 3.63) is 76.1 Å². The van der Waals surface area contributed by atoms with Crippen molar-refractivity contribution in [2.24, 2.45) is 7.05 Å². The van der Waals surface area contributed by atoms with Crippen LogP contribution in [-0.2, 0) is 7.05 Å². The zero-order chi connectivity index (χ0) is 21.1. The molecule has 0 aliphatic heterocycles. The van der Waals surface area contributed by atoms with Crippen molar-refractivity contribution >= 4 is 50.6 Å². The van der Waals surface area contributed by atoms with Crippen molar-refractivity contribution in [1.82, 2.24) is 19.7 Å². The molecule has 30 heavy (non-hydrogen) atoms. The predicted molar refractivity (Wildman–Crippen MR) is 119 cm³/mol. The van der Waals surface area contributed by atoms with Crippen molar-refractivity contribution in [2.45, 2.75) is 0 Å². The number of carbonyl (C=O) groups is 2. The van der Waals surface area contributed by atoms with Gasteiger partial charge in [-0.1, -0.05) is 6.07 Å². The lowest BCUT2D eigenvalue weighted by molar-refractivity contribution is 0.101. The van der Waals surface area contributed by atoms with Gasteiger partial charge >= 0.3 is 0 Å². The van der Waals surface area contributed by atoms with Crippen molar-refractivity contribution < 1.29 is 9.59 Å². The van der Waals surface area contributed by atoms with Gasteiger partial charge < -0.3 is 10.6 Å². The van der Waals surface area contributed by atoms with Gasteiger partial charge in [-0.2, -0.15) is 5.10 Å². The van der Waals surface area contributed by atoms with E-state index < -0.39 is 0 Å². The van der Waals surface area contributed by atoms with Crippen LogP contribution < -0.4 is 10.6 Å². The van der Waals surface area contributed by atoms with E-state index in [4.69, 9.17) is 0 Å². The van der Waals surface area contributed by atoms with Crippen LogP contribution in [0.2, 0.25) is 0 Å². The zero-order valence-electron chi connectivity index (χ0n) is 15.7. The van der Waals surface area contributed by atoms with Crippen molar-refractivity contribution in [3.8, 4) is 10.6 Å². The molecule has 150 valence electrons. The monoisotopic (exact) mass is 482 g/mol. The smallest absolute Gasteiger partial charge is 0.275 e. The van der Waals surface area contributed by atoms with Gasteiger partial charge in [0.05, 0.1) is 6.20 Å². The van der Waals surface area contributed by atoms with Crippen LogP contribution in [0.5, 0.6) is 0 Å². The molecule has 0 aliphatic carbocycles. The van der Waals surface area contributed by atoms with Crippen LogP contribution in [0, 0.1) is 0 Å². The molecule has 0 saturated heterocycles. The summed E-state index contributed by atoms with van der Waals surface area (Å²) in [6.45, 7) is 0. The highest BCUT2D eigenvalue weighted by molar-refractivity contribution is 9.10. The van der Waals surface area contributed by atoms with E-state index >= 15 is 0 Å². The summed E-state index contributed by atoms with van der Waals surface area (Å²) in [6.07, 6.45) is 5.13. The lowest BCUT2D eigenvalue weighted by Crippen LogP contribution is -2.15. The van der Waals surface area contributed by atoms with Crippen LogP contribution in [0.4, 0.5) is 11.5 Å². The summed E-state index contributed by atoms with van der Waals surface area (Å²) in [7, 11) is 1.82. The van der Waals surface area contributed by atoms with E-state index in [-0.39, 0.29) is 11.8 Å². The summed E-state index contributed by atoms with van der Waals surface area (Å²) in [4.78, 5) is 33.5. The van der Waals surface area contributed by atoms with Gasteiger partial charge in [-0.15, -0.1) is 11.3 Å². The minimum absolute atomic E-state index is 0.299. The molecule has 0 unspecified atom stereocenters. The second kappa shape index (κ2) is 8.56. The number of halogens is 1. The van der Waals surface area contributed by atoms with E-state index in [0.29, 0.717) is 27.8 Å². The summed E-state index contributed by atoms with van der Waals surface area (Å²) < 4.78 is 2.50. The Hall–Kier alpha value is -3.37. The normalized spacial score (nSPS) is 10.6. The summed E-state index contributed by atoms with van der Waals surface area (Å²) in [5.41, 5.74) is 2.04. The van der Waals surface area contributed by atoms with E-state index in [1.165, 1.54) is 11.3 Å². The number of nitrogens with zero attached hydrogens (tertiary/aromatic N) is 4. The molecule has 4 rings (SSSR count). The van der Waals surface area contributed by atoms with Gasteiger partial charge in [-0.25, -0.2) is 9.97 Å². The predicted octanol–water partition coefficient (Wildman–Crippen LogP) is 4.21. The Balaban J connectivity index is 1.45. The molecule has 0 radical (unpaired) electrons. The van der Waals surface area contributed by atoms with Gasteiger partial charge in [-0.3, -0.25) is 14.3 Å². The molecule has 10 heteroatoms. The van der Waals surface area contributed by atoms with E-state index in [1.807, 2.05) is 13.2 Å². The highest BCUT2D eigenvalue weighted by Crippen LogP contribution is 2.23. The Morgan fingerprint density at radius 1 is 1.10 bits per heavy atom. The van der Waals surface area contributed by atoms with Crippen molar-refractivity contribution in [2.75, 3.05) is 10.6 Å². The van der Waals surface area contributed by atoms with E-state index in [2.05, 4.69) is 41.6 Å². The number of rotatable bonds is 5. The van der Waals surface area contributed by atoms with Crippen LogP contribution in [-0.4, -0.2) is 31.6 Å². The van der Waals surface area contributed by atoms with Crippen molar-refractivity contribution in [3.63, 3.8) is 0 Å². The fraction of sp³-hybridized carbons (Fsp3) is 0.0500. The average molecular weight is 483 g/mol. The highest BCUT2D eigenvalue weighted by Gasteiger charge is 2.14. The number of anilines is 2. The van der Waals surface area contributed by atoms with E-state index in [1.54, 1.807) is 58.9 Å². The number of amides is 2. The first kappa shape index (κ1) is 19.9. The second-order valence-electron chi connectivity index (χ2n) is 6.29.